The van der Waals surface area contributed by atoms with E-state index in [0.717, 1.165) is 37.0 Å². The minimum atomic E-state index is 0.0208. The van der Waals surface area contributed by atoms with Crippen molar-refractivity contribution in [3.8, 4) is 11.5 Å². The molecule has 1 aromatic heterocycles. The van der Waals surface area contributed by atoms with E-state index < -0.39 is 0 Å². The Bertz CT molecular complexity index is 847. The summed E-state index contributed by atoms with van der Waals surface area (Å²) >= 11 is 0. The number of rotatable bonds is 6. The molecule has 3 aromatic rings. The van der Waals surface area contributed by atoms with Crippen LogP contribution >= 0.6 is 0 Å². The SMILES string of the molecule is CN(Cc1nccn1Cc1ccccc1)C[C@@H]1COc2ccccc2O1. The molecule has 26 heavy (non-hydrogen) atoms. The molecule has 0 amide bonds. The smallest absolute Gasteiger partial charge is 0.161 e. The molecule has 1 aliphatic heterocycles. The van der Waals surface area contributed by atoms with Gasteiger partial charge in [0.2, 0.25) is 0 Å². The molecule has 0 unspecified atom stereocenters. The molecule has 0 saturated carbocycles. The predicted molar refractivity (Wildman–Crippen MR) is 100 cm³/mol. The Morgan fingerprint density at radius 2 is 1.85 bits per heavy atom. The monoisotopic (exact) mass is 349 g/mol. The van der Waals surface area contributed by atoms with Crippen LogP contribution in [0.4, 0.5) is 0 Å². The molecule has 0 saturated heterocycles. The summed E-state index contributed by atoms with van der Waals surface area (Å²) < 4.78 is 14.0. The van der Waals surface area contributed by atoms with E-state index in [0.29, 0.717) is 6.61 Å². The second-order valence-electron chi connectivity index (χ2n) is 6.65. The topological polar surface area (TPSA) is 39.5 Å². The van der Waals surface area contributed by atoms with Crippen LogP contribution in [0.15, 0.2) is 67.0 Å². The molecule has 0 bridgehead atoms. The van der Waals surface area contributed by atoms with E-state index in [9.17, 15) is 0 Å². The first kappa shape index (κ1) is 16.7. The van der Waals surface area contributed by atoms with Gasteiger partial charge in [-0.3, -0.25) is 4.90 Å². The van der Waals surface area contributed by atoms with E-state index in [4.69, 9.17) is 9.47 Å². The van der Waals surface area contributed by atoms with Crippen LogP contribution in [0.3, 0.4) is 0 Å². The van der Waals surface area contributed by atoms with E-state index in [2.05, 4.69) is 45.8 Å². The van der Waals surface area contributed by atoms with E-state index in [1.807, 2.05) is 42.7 Å². The Kier molecular flexibility index (Phi) is 4.88. The van der Waals surface area contributed by atoms with Crippen LogP contribution in [0.2, 0.25) is 0 Å². The third-order valence-electron chi connectivity index (χ3n) is 4.49. The highest BCUT2D eigenvalue weighted by Gasteiger charge is 2.22. The van der Waals surface area contributed by atoms with Crippen molar-refractivity contribution in [2.75, 3.05) is 20.2 Å². The molecule has 0 aliphatic carbocycles. The maximum Gasteiger partial charge on any atom is 0.161 e. The van der Waals surface area contributed by atoms with Crippen LogP contribution in [-0.4, -0.2) is 40.8 Å². The summed E-state index contributed by atoms with van der Waals surface area (Å²) in [6.07, 6.45) is 3.92. The second-order valence-corrected chi connectivity index (χ2v) is 6.65. The van der Waals surface area contributed by atoms with Gasteiger partial charge in [0, 0.05) is 25.5 Å². The molecule has 5 nitrogen and oxygen atoms in total. The highest BCUT2D eigenvalue weighted by atomic mass is 16.6. The lowest BCUT2D eigenvalue weighted by Gasteiger charge is -2.29. The van der Waals surface area contributed by atoms with Gasteiger partial charge in [-0.05, 0) is 24.7 Å². The molecule has 0 spiro atoms. The summed E-state index contributed by atoms with van der Waals surface area (Å²) in [4.78, 5) is 6.76. The number of aromatic nitrogens is 2. The number of benzene rings is 2. The summed E-state index contributed by atoms with van der Waals surface area (Å²) in [7, 11) is 2.09. The van der Waals surface area contributed by atoms with E-state index >= 15 is 0 Å². The largest absolute Gasteiger partial charge is 0.486 e. The first-order valence-corrected chi connectivity index (χ1v) is 8.89. The molecule has 5 heteroatoms. The first-order valence-electron chi connectivity index (χ1n) is 8.89. The van der Waals surface area contributed by atoms with Crippen LogP contribution in [0.1, 0.15) is 11.4 Å². The average molecular weight is 349 g/mol. The minimum Gasteiger partial charge on any atom is -0.486 e. The van der Waals surface area contributed by atoms with Gasteiger partial charge in [-0.2, -0.15) is 0 Å². The maximum absolute atomic E-state index is 6.05. The van der Waals surface area contributed by atoms with Crippen molar-refractivity contribution in [3.63, 3.8) is 0 Å². The average Bonchev–Trinajstić information content (AvgIpc) is 3.09. The van der Waals surface area contributed by atoms with Crippen molar-refractivity contribution in [2.24, 2.45) is 0 Å². The lowest BCUT2D eigenvalue weighted by molar-refractivity contribution is 0.0630. The van der Waals surface area contributed by atoms with Gasteiger partial charge in [0.15, 0.2) is 11.5 Å². The Morgan fingerprint density at radius 3 is 2.69 bits per heavy atom. The van der Waals surface area contributed by atoms with Crippen LogP contribution in [-0.2, 0) is 13.1 Å². The third-order valence-corrected chi connectivity index (χ3v) is 4.49. The molecule has 134 valence electrons. The molecule has 0 N–H and O–H groups in total. The molecule has 2 heterocycles. The molecular weight excluding hydrogens is 326 g/mol. The number of imidazole rings is 1. The predicted octanol–water partition coefficient (Wildman–Crippen LogP) is 3.20. The number of nitrogens with zero attached hydrogens (tertiary/aromatic N) is 3. The zero-order valence-electron chi connectivity index (χ0n) is 14.9. The van der Waals surface area contributed by atoms with Gasteiger partial charge in [-0.1, -0.05) is 42.5 Å². The standard InChI is InChI=1S/C21H23N3O2/c1-23(14-18-16-25-19-9-5-6-10-20(19)26-18)15-21-22-11-12-24(21)13-17-7-3-2-4-8-17/h2-12,18H,13-16H2,1H3/t18-/m1/s1. The van der Waals surface area contributed by atoms with E-state index in [1.165, 1.54) is 5.56 Å². The van der Waals surface area contributed by atoms with Crippen molar-refractivity contribution in [3.05, 3.63) is 78.4 Å². The van der Waals surface area contributed by atoms with Gasteiger partial charge in [0.05, 0.1) is 6.54 Å². The summed E-state index contributed by atoms with van der Waals surface area (Å²) in [6.45, 7) is 2.95. The normalized spacial score (nSPS) is 16.0. The summed E-state index contributed by atoms with van der Waals surface area (Å²) in [6, 6.07) is 18.3. The molecule has 2 aromatic carbocycles. The number of likely N-dealkylation sites (N-methyl/N-ethyl adjacent to an activating group) is 1. The quantitative estimate of drug-likeness (QED) is 0.685. The first-order chi connectivity index (χ1) is 12.8. The number of fused-ring (bicyclic) bond motifs is 1. The Morgan fingerprint density at radius 1 is 1.08 bits per heavy atom. The zero-order valence-corrected chi connectivity index (χ0v) is 14.9. The third kappa shape index (κ3) is 3.89. The van der Waals surface area contributed by atoms with Crippen molar-refractivity contribution >= 4 is 0 Å². The summed E-state index contributed by atoms with van der Waals surface area (Å²) in [5.74, 6) is 2.70. The molecule has 1 aliphatic rings. The van der Waals surface area contributed by atoms with Crippen LogP contribution < -0.4 is 9.47 Å². The van der Waals surface area contributed by atoms with Gasteiger partial charge < -0.3 is 14.0 Å². The van der Waals surface area contributed by atoms with Crippen molar-refractivity contribution in [1.29, 1.82) is 0 Å². The number of hydrogen-bond donors (Lipinski definition) is 0. The molecular formula is C21H23N3O2. The van der Waals surface area contributed by atoms with Gasteiger partial charge in [-0.15, -0.1) is 0 Å². The lowest BCUT2D eigenvalue weighted by Crippen LogP contribution is -2.39. The zero-order chi connectivity index (χ0) is 17.8. The fourth-order valence-electron chi connectivity index (χ4n) is 3.22. The Hall–Kier alpha value is -2.79. The van der Waals surface area contributed by atoms with E-state index in [-0.39, 0.29) is 6.10 Å². The minimum absolute atomic E-state index is 0.0208. The van der Waals surface area contributed by atoms with Crippen LogP contribution in [0.5, 0.6) is 11.5 Å². The summed E-state index contributed by atoms with van der Waals surface area (Å²) in [5, 5.41) is 0. The number of ether oxygens (including phenoxy) is 2. The van der Waals surface area contributed by atoms with Gasteiger partial charge in [0.25, 0.3) is 0 Å². The van der Waals surface area contributed by atoms with Crippen LogP contribution in [0, 0.1) is 0 Å². The summed E-state index contributed by atoms with van der Waals surface area (Å²) in [5.41, 5.74) is 1.27. The Labute approximate surface area is 153 Å². The fraction of sp³-hybridized carbons (Fsp3) is 0.286. The van der Waals surface area contributed by atoms with Crippen molar-refractivity contribution in [1.82, 2.24) is 14.5 Å². The highest BCUT2D eigenvalue weighted by molar-refractivity contribution is 5.40. The Balaban J connectivity index is 1.36. The molecule has 0 radical (unpaired) electrons. The lowest BCUT2D eigenvalue weighted by atomic mass is 10.2. The molecule has 0 fully saturated rings. The van der Waals surface area contributed by atoms with Gasteiger partial charge >= 0.3 is 0 Å². The van der Waals surface area contributed by atoms with Crippen LogP contribution in [0.25, 0.3) is 0 Å². The van der Waals surface area contributed by atoms with Crippen molar-refractivity contribution < 1.29 is 9.47 Å². The number of para-hydroxylation sites is 2. The fourth-order valence-corrected chi connectivity index (χ4v) is 3.22. The second kappa shape index (κ2) is 7.62. The maximum atomic E-state index is 6.05. The van der Waals surface area contributed by atoms with E-state index in [1.54, 1.807) is 0 Å². The molecule has 1 atom stereocenters. The van der Waals surface area contributed by atoms with Gasteiger partial charge in [0.1, 0.15) is 18.5 Å². The molecule has 4 rings (SSSR count). The van der Waals surface area contributed by atoms with Gasteiger partial charge in [-0.25, -0.2) is 4.98 Å². The number of hydrogen-bond acceptors (Lipinski definition) is 4. The highest BCUT2D eigenvalue weighted by Crippen LogP contribution is 2.31. The van der Waals surface area contributed by atoms with Crippen molar-refractivity contribution in [2.45, 2.75) is 19.2 Å².